The molecule has 2 rings (SSSR count). The minimum atomic E-state index is -0.496. The number of nitrogens with one attached hydrogen (secondary N) is 1. The molecule has 0 aliphatic carbocycles. The first-order valence-electron chi connectivity index (χ1n) is 5.97. The van der Waals surface area contributed by atoms with Gasteiger partial charge in [0.05, 0.1) is 29.9 Å². The topological polar surface area (TPSA) is 73.6 Å². The van der Waals surface area contributed by atoms with Gasteiger partial charge in [0.1, 0.15) is 11.5 Å². The Hall–Kier alpha value is -2.47. The molecule has 0 saturated heterocycles. The molecular formula is C14H13ClN2O4. The summed E-state index contributed by atoms with van der Waals surface area (Å²) in [6, 6.07) is 9.49. The van der Waals surface area contributed by atoms with Gasteiger partial charge >= 0.3 is 0 Å². The van der Waals surface area contributed by atoms with Crippen LogP contribution in [0.4, 0.5) is 17.1 Å². The standard InChI is InChI=1S/C14H13ClN2O4/c1-20-11-5-9(6-12(8-11)21-2)16-14-4-3-10(17(18)19)7-13(14)15/h3-8,16H,1-2H3. The molecule has 0 atom stereocenters. The van der Waals surface area contributed by atoms with Gasteiger partial charge in [0.2, 0.25) is 0 Å². The summed E-state index contributed by atoms with van der Waals surface area (Å²) in [5, 5.41) is 14.0. The van der Waals surface area contributed by atoms with E-state index >= 15 is 0 Å². The van der Waals surface area contributed by atoms with Crippen LogP contribution in [0.1, 0.15) is 0 Å². The number of non-ortho nitro benzene ring substituents is 1. The number of halogens is 1. The second-order valence-electron chi connectivity index (χ2n) is 4.15. The highest BCUT2D eigenvalue weighted by Crippen LogP contribution is 2.32. The van der Waals surface area contributed by atoms with E-state index < -0.39 is 4.92 Å². The average molecular weight is 309 g/mol. The van der Waals surface area contributed by atoms with E-state index in [9.17, 15) is 10.1 Å². The van der Waals surface area contributed by atoms with Crippen molar-refractivity contribution in [2.24, 2.45) is 0 Å². The predicted octanol–water partition coefficient (Wildman–Crippen LogP) is 4.01. The monoisotopic (exact) mass is 308 g/mol. The Bertz CT molecular complexity index is 654. The van der Waals surface area contributed by atoms with Gasteiger partial charge in [-0.05, 0) is 6.07 Å². The van der Waals surface area contributed by atoms with Crippen LogP contribution in [0.5, 0.6) is 11.5 Å². The van der Waals surface area contributed by atoms with Crippen LogP contribution in [0.25, 0.3) is 0 Å². The Labute approximate surface area is 126 Å². The van der Waals surface area contributed by atoms with Crippen LogP contribution < -0.4 is 14.8 Å². The molecule has 2 aromatic rings. The fourth-order valence-corrected chi connectivity index (χ4v) is 1.98. The zero-order chi connectivity index (χ0) is 15.4. The quantitative estimate of drug-likeness (QED) is 0.667. The molecule has 0 saturated carbocycles. The fraction of sp³-hybridized carbons (Fsp3) is 0.143. The van der Waals surface area contributed by atoms with Crippen LogP contribution in [-0.2, 0) is 0 Å². The number of anilines is 2. The first kappa shape index (κ1) is 14.9. The van der Waals surface area contributed by atoms with Crippen LogP contribution >= 0.6 is 11.6 Å². The molecule has 0 aliphatic heterocycles. The first-order valence-corrected chi connectivity index (χ1v) is 6.35. The number of hydrogen-bond donors (Lipinski definition) is 1. The van der Waals surface area contributed by atoms with Crippen LogP contribution in [0, 0.1) is 10.1 Å². The Balaban J connectivity index is 2.31. The lowest BCUT2D eigenvalue weighted by Gasteiger charge is -2.11. The van der Waals surface area contributed by atoms with Crippen LogP contribution in [0.15, 0.2) is 36.4 Å². The Kier molecular flexibility index (Phi) is 4.49. The van der Waals surface area contributed by atoms with Crippen LogP contribution in [-0.4, -0.2) is 19.1 Å². The third-order valence-corrected chi connectivity index (χ3v) is 3.11. The van der Waals surface area contributed by atoms with Gasteiger partial charge in [-0.2, -0.15) is 0 Å². The summed E-state index contributed by atoms with van der Waals surface area (Å²) < 4.78 is 10.3. The average Bonchev–Trinajstić information content (AvgIpc) is 2.48. The van der Waals surface area contributed by atoms with Crippen molar-refractivity contribution >= 4 is 28.7 Å². The van der Waals surface area contributed by atoms with Crippen molar-refractivity contribution in [3.05, 3.63) is 51.5 Å². The van der Waals surface area contributed by atoms with E-state index in [2.05, 4.69) is 5.32 Å². The fourth-order valence-electron chi connectivity index (χ4n) is 1.75. The Morgan fingerprint density at radius 3 is 2.19 bits per heavy atom. The zero-order valence-corrected chi connectivity index (χ0v) is 12.2. The second-order valence-corrected chi connectivity index (χ2v) is 4.55. The molecule has 0 fully saturated rings. The van der Waals surface area contributed by atoms with Crippen molar-refractivity contribution in [1.82, 2.24) is 0 Å². The van der Waals surface area contributed by atoms with E-state index in [1.54, 1.807) is 38.5 Å². The minimum Gasteiger partial charge on any atom is -0.497 e. The molecule has 0 unspecified atom stereocenters. The molecule has 2 aromatic carbocycles. The maximum absolute atomic E-state index is 10.7. The molecule has 110 valence electrons. The number of methoxy groups -OCH3 is 2. The number of hydrogen-bond acceptors (Lipinski definition) is 5. The molecule has 21 heavy (non-hydrogen) atoms. The highest BCUT2D eigenvalue weighted by atomic mass is 35.5. The van der Waals surface area contributed by atoms with Crippen molar-refractivity contribution in [3.8, 4) is 11.5 Å². The summed E-state index contributed by atoms with van der Waals surface area (Å²) in [5.74, 6) is 1.24. The smallest absolute Gasteiger partial charge is 0.271 e. The molecule has 0 radical (unpaired) electrons. The molecule has 7 heteroatoms. The zero-order valence-electron chi connectivity index (χ0n) is 11.4. The van der Waals surface area contributed by atoms with E-state index in [0.29, 0.717) is 22.9 Å². The maximum Gasteiger partial charge on any atom is 0.271 e. The molecule has 6 nitrogen and oxygen atoms in total. The molecule has 0 spiro atoms. The highest BCUT2D eigenvalue weighted by molar-refractivity contribution is 6.33. The van der Waals surface area contributed by atoms with Gasteiger partial charge in [-0.25, -0.2) is 0 Å². The van der Waals surface area contributed by atoms with Gasteiger partial charge in [-0.15, -0.1) is 0 Å². The summed E-state index contributed by atoms with van der Waals surface area (Å²) in [6.45, 7) is 0. The third-order valence-electron chi connectivity index (χ3n) is 2.79. The van der Waals surface area contributed by atoms with Gasteiger partial charge in [0, 0.05) is 36.0 Å². The van der Waals surface area contributed by atoms with E-state index in [1.165, 1.54) is 12.1 Å². The molecular weight excluding hydrogens is 296 g/mol. The number of nitrogens with zero attached hydrogens (tertiary/aromatic N) is 1. The van der Waals surface area contributed by atoms with E-state index in [-0.39, 0.29) is 10.7 Å². The number of nitro benzene ring substituents is 1. The summed E-state index contributed by atoms with van der Waals surface area (Å²) in [5.41, 5.74) is 1.19. The Morgan fingerprint density at radius 1 is 1.10 bits per heavy atom. The van der Waals surface area contributed by atoms with E-state index in [1.807, 2.05) is 0 Å². The van der Waals surface area contributed by atoms with Gasteiger partial charge in [0.15, 0.2) is 0 Å². The van der Waals surface area contributed by atoms with Crippen molar-refractivity contribution < 1.29 is 14.4 Å². The maximum atomic E-state index is 10.7. The molecule has 0 bridgehead atoms. The van der Waals surface area contributed by atoms with Gasteiger partial charge in [0.25, 0.3) is 5.69 Å². The summed E-state index contributed by atoms with van der Waals surface area (Å²) in [4.78, 5) is 10.2. The number of ether oxygens (including phenoxy) is 2. The summed E-state index contributed by atoms with van der Waals surface area (Å²) >= 11 is 6.04. The lowest BCUT2D eigenvalue weighted by Crippen LogP contribution is -1.95. The molecule has 0 aliphatic rings. The Morgan fingerprint density at radius 2 is 1.71 bits per heavy atom. The third kappa shape index (κ3) is 3.55. The first-order chi connectivity index (χ1) is 10.0. The van der Waals surface area contributed by atoms with E-state index in [4.69, 9.17) is 21.1 Å². The highest BCUT2D eigenvalue weighted by Gasteiger charge is 2.10. The SMILES string of the molecule is COc1cc(Nc2ccc([N+](=O)[O-])cc2Cl)cc(OC)c1. The predicted molar refractivity (Wildman–Crippen MR) is 80.9 cm³/mol. The van der Waals surface area contributed by atoms with Gasteiger partial charge in [-0.3, -0.25) is 10.1 Å². The number of rotatable bonds is 5. The normalized spacial score (nSPS) is 10.0. The molecule has 0 amide bonds. The van der Waals surface area contributed by atoms with Crippen LogP contribution in [0.3, 0.4) is 0 Å². The number of benzene rings is 2. The van der Waals surface area contributed by atoms with E-state index in [0.717, 1.165) is 0 Å². The van der Waals surface area contributed by atoms with Crippen molar-refractivity contribution in [1.29, 1.82) is 0 Å². The largest absolute Gasteiger partial charge is 0.497 e. The second kappa shape index (κ2) is 6.32. The van der Waals surface area contributed by atoms with Crippen molar-refractivity contribution in [3.63, 3.8) is 0 Å². The van der Waals surface area contributed by atoms with Crippen LogP contribution in [0.2, 0.25) is 5.02 Å². The van der Waals surface area contributed by atoms with Crippen molar-refractivity contribution in [2.75, 3.05) is 19.5 Å². The van der Waals surface area contributed by atoms with Crippen molar-refractivity contribution in [2.45, 2.75) is 0 Å². The minimum absolute atomic E-state index is 0.0613. The van der Waals surface area contributed by atoms with Gasteiger partial charge in [-0.1, -0.05) is 11.6 Å². The molecule has 0 aromatic heterocycles. The summed E-state index contributed by atoms with van der Waals surface area (Å²) in [7, 11) is 3.11. The lowest BCUT2D eigenvalue weighted by molar-refractivity contribution is -0.384. The summed E-state index contributed by atoms with van der Waals surface area (Å²) in [6.07, 6.45) is 0. The molecule has 1 N–H and O–H groups in total. The number of nitro groups is 1. The molecule has 0 heterocycles. The lowest BCUT2D eigenvalue weighted by atomic mass is 10.2. The van der Waals surface area contributed by atoms with Gasteiger partial charge < -0.3 is 14.8 Å².